The Morgan fingerprint density at radius 1 is 1.35 bits per heavy atom. The average Bonchev–Trinajstić information content (AvgIpc) is 2.38. The number of anilines is 1. The molecule has 1 aromatic carbocycles. The van der Waals surface area contributed by atoms with Crippen LogP contribution in [0, 0.1) is 0 Å². The van der Waals surface area contributed by atoms with E-state index in [0.717, 1.165) is 5.69 Å². The van der Waals surface area contributed by atoms with Crippen LogP contribution >= 0.6 is 0 Å². The molecule has 92 valence electrons. The van der Waals surface area contributed by atoms with Gasteiger partial charge in [0.15, 0.2) is 0 Å². The van der Waals surface area contributed by atoms with Gasteiger partial charge in [0, 0.05) is 12.2 Å². The molecule has 0 spiro atoms. The second-order valence-electron chi connectivity index (χ2n) is 3.83. The molecule has 5 nitrogen and oxygen atoms in total. The lowest BCUT2D eigenvalue weighted by Crippen LogP contribution is -2.34. The van der Waals surface area contributed by atoms with Gasteiger partial charge in [-0.15, -0.1) is 0 Å². The summed E-state index contributed by atoms with van der Waals surface area (Å²) in [5, 5.41) is 11.9. The summed E-state index contributed by atoms with van der Waals surface area (Å²) < 4.78 is 10.8. The fraction of sp³-hybridized carbons (Fsp3) is 0.417. The fourth-order valence-corrected chi connectivity index (χ4v) is 1.62. The first-order valence-corrected chi connectivity index (χ1v) is 5.52. The monoisotopic (exact) mass is 237 g/mol. The molecule has 0 radical (unpaired) electrons. The molecule has 17 heavy (non-hydrogen) atoms. The maximum Gasteiger partial charge on any atom is 0.335 e. The van der Waals surface area contributed by atoms with Crippen molar-refractivity contribution in [2.24, 2.45) is 0 Å². The summed E-state index contributed by atoms with van der Waals surface area (Å²) in [6.45, 7) is 2.54. The number of ether oxygens (including phenoxy) is 2. The number of rotatable bonds is 4. The van der Waals surface area contributed by atoms with E-state index in [9.17, 15) is 4.79 Å². The molecule has 0 aromatic heterocycles. The zero-order valence-corrected chi connectivity index (χ0v) is 9.39. The minimum atomic E-state index is -0.916. The molecule has 1 aromatic rings. The van der Waals surface area contributed by atoms with Crippen molar-refractivity contribution in [1.82, 2.24) is 0 Å². The van der Waals surface area contributed by atoms with Gasteiger partial charge in [0.2, 0.25) is 0 Å². The minimum Gasteiger partial charge on any atom is -0.478 e. The van der Waals surface area contributed by atoms with Crippen LogP contribution < -0.4 is 5.32 Å². The number of carboxylic acids is 1. The largest absolute Gasteiger partial charge is 0.478 e. The molecule has 0 saturated carbocycles. The number of carboxylic acid groups (broad SMARTS) is 1. The third-order valence-electron chi connectivity index (χ3n) is 2.55. The Balaban J connectivity index is 1.84. The average molecular weight is 237 g/mol. The van der Waals surface area contributed by atoms with Gasteiger partial charge in [-0.05, 0) is 24.3 Å². The predicted octanol–water partition coefficient (Wildman–Crippen LogP) is 1.21. The quantitative estimate of drug-likeness (QED) is 0.824. The smallest absolute Gasteiger partial charge is 0.335 e. The Kier molecular flexibility index (Phi) is 3.95. The number of hydrogen-bond donors (Lipinski definition) is 2. The fourth-order valence-electron chi connectivity index (χ4n) is 1.62. The Morgan fingerprint density at radius 2 is 2.12 bits per heavy atom. The third-order valence-corrected chi connectivity index (χ3v) is 2.55. The zero-order chi connectivity index (χ0) is 12.1. The van der Waals surface area contributed by atoms with E-state index in [-0.39, 0.29) is 11.7 Å². The van der Waals surface area contributed by atoms with Crippen LogP contribution in [0.15, 0.2) is 24.3 Å². The Bertz CT molecular complexity index is 371. The van der Waals surface area contributed by atoms with E-state index in [1.807, 2.05) is 0 Å². The molecule has 1 fully saturated rings. The summed E-state index contributed by atoms with van der Waals surface area (Å²) in [5.41, 5.74) is 1.16. The van der Waals surface area contributed by atoms with Crippen LogP contribution in [0.2, 0.25) is 0 Å². The highest BCUT2D eigenvalue weighted by molar-refractivity contribution is 5.87. The maximum absolute atomic E-state index is 10.7. The highest BCUT2D eigenvalue weighted by Crippen LogP contribution is 2.10. The Hall–Kier alpha value is -1.59. The van der Waals surface area contributed by atoms with Crippen molar-refractivity contribution in [2.75, 3.05) is 31.7 Å². The lowest BCUT2D eigenvalue weighted by Gasteiger charge is -2.23. The molecule has 0 amide bonds. The molecule has 0 bridgehead atoms. The van der Waals surface area contributed by atoms with Gasteiger partial charge in [-0.25, -0.2) is 4.79 Å². The number of carbonyl (C=O) groups is 1. The topological polar surface area (TPSA) is 67.8 Å². The third kappa shape index (κ3) is 3.44. The van der Waals surface area contributed by atoms with Crippen molar-refractivity contribution in [3.8, 4) is 0 Å². The molecule has 2 rings (SSSR count). The van der Waals surface area contributed by atoms with Gasteiger partial charge in [0.1, 0.15) is 0 Å². The SMILES string of the molecule is O=C(O)c1ccc(NCC2COCCO2)cc1. The van der Waals surface area contributed by atoms with E-state index < -0.39 is 5.97 Å². The molecular weight excluding hydrogens is 222 g/mol. The number of hydrogen-bond acceptors (Lipinski definition) is 4. The number of benzene rings is 1. The Morgan fingerprint density at radius 3 is 2.71 bits per heavy atom. The summed E-state index contributed by atoms with van der Waals surface area (Å²) in [6.07, 6.45) is 0.0582. The molecular formula is C12H15NO4. The minimum absolute atomic E-state index is 0.0582. The van der Waals surface area contributed by atoms with Crippen LogP contribution in [0.4, 0.5) is 5.69 Å². The van der Waals surface area contributed by atoms with E-state index in [1.54, 1.807) is 24.3 Å². The summed E-state index contributed by atoms with van der Waals surface area (Å²) >= 11 is 0. The van der Waals surface area contributed by atoms with E-state index >= 15 is 0 Å². The first-order valence-electron chi connectivity index (χ1n) is 5.52. The van der Waals surface area contributed by atoms with Gasteiger partial charge in [0.25, 0.3) is 0 Å². The summed E-state index contributed by atoms with van der Waals surface area (Å²) in [7, 11) is 0. The van der Waals surface area contributed by atoms with E-state index in [2.05, 4.69) is 5.32 Å². The normalized spacial score (nSPS) is 19.9. The molecule has 1 aliphatic heterocycles. The molecule has 1 heterocycles. The van der Waals surface area contributed by atoms with Gasteiger partial charge < -0.3 is 19.9 Å². The lowest BCUT2D eigenvalue weighted by molar-refractivity contribution is -0.0818. The van der Waals surface area contributed by atoms with Crippen molar-refractivity contribution in [2.45, 2.75) is 6.10 Å². The van der Waals surface area contributed by atoms with Crippen molar-refractivity contribution in [1.29, 1.82) is 0 Å². The van der Waals surface area contributed by atoms with E-state index in [4.69, 9.17) is 14.6 Å². The predicted molar refractivity (Wildman–Crippen MR) is 62.5 cm³/mol. The van der Waals surface area contributed by atoms with Gasteiger partial charge in [-0.1, -0.05) is 0 Å². The van der Waals surface area contributed by atoms with Crippen molar-refractivity contribution in [3.05, 3.63) is 29.8 Å². The van der Waals surface area contributed by atoms with Crippen molar-refractivity contribution >= 4 is 11.7 Å². The molecule has 1 unspecified atom stereocenters. The van der Waals surface area contributed by atoms with Gasteiger partial charge >= 0.3 is 5.97 Å². The van der Waals surface area contributed by atoms with Crippen molar-refractivity contribution in [3.63, 3.8) is 0 Å². The first kappa shape index (κ1) is 11.9. The highest BCUT2D eigenvalue weighted by atomic mass is 16.6. The van der Waals surface area contributed by atoms with Crippen LogP contribution in [-0.4, -0.2) is 43.5 Å². The van der Waals surface area contributed by atoms with E-state index in [0.29, 0.717) is 26.4 Å². The summed E-state index contributed by atoms with van der Waals surface area (Å²) in [4.78, 5) is 10.7. The second kappa shape index (κ2) is 5.65. The molecule has 1 atom stereocenters. The Labute approximate surface area is 99.3 Å². The second-order valence-corrected chi connectivity index (χ2v) is 3.83. The van der Waals surface area contributed by atoms with Gasteiger partial charge in [-0.2, -0.15) is 0 Å². The van der Waals surface area contributed by atoms with Gasteiger partial charge in [-0.3, -0.25) is 0 Å². The van der Waals surface area contributed by atoms with Crippen molar-refractivity contribution < 1.29 is 19.4 Å². The summed E-state index contributed by atoms with van der Waals surface area (Å²) in [6, 6.07) is 6.63. The standard InChI is InChI=1S/C12H15NO4/c14-12(15)9-1-3-10(4-2-9)13-7-11-8-16-5-6-17-11/h1-4,11,13H,5-8H2,(H,14,15). The number of aromatic carboxylic acids is 1. The van der Waals surface area contributed by atoms with Crippen LogP contribution in [-0.2, 0) is 9.47 Å². The van der Waals surface area contributed by atoms with Crippen LogP contribution in [0.5, 0.6) is 0 Å². The first-order chi connectivity index (χ1) is 8.25. The molecule has 0 aliphatic carbocycles. The van der Waals surface area contributed by atoms with Crippen LogP contribution in [0.1, 0.15) is 10.4 Å². The van der Waals surface area contributed by atoms with Gasteiger partial charge in [0.05, 0.1) is 31.5 Å². The molecule has 1 saturated heterocycles. The maximum atomic E-state index is 10.7. The van der Waals surface area contributed by atoms with E-state index in [1.165, 1.54) is 0 Å². The van der Waals surface area contributed by atoms with Crippen LogP contribution in [0.3, 0.4) is 0 Å². The summed E-state index contributed by atoms with van der Waals surface area (Å²) in [5.74, 6) is -0.916. The molecule has 2 N–H and O–H groups in total. The van der Waals surface area contributed by atoms with Crippen LogP contribution in [0.25, 0.3) is 0 Å². The molecule has 1 aliphatic rings. The number of nitrogens with one attached hydrogen (secondary N) is 1. The molecule has 5 heteroatoms. The lowest BCUT2D eigenvalue weighted by atomic mass is 10.2. The highest BCUT2D eigenvalue weighted by Gasteiger charge is 2.13. The zero-order valence-electron chi connectivity index (χ0n) is 9.39.